The van der Waals surface area contributed by atoms with Crippen LogP contribution in [0.4, 0.5) is 13.2 Å². The van der Waals surface area contributed by atoms with Gasteiger partial charge in [-0.05, 0) is 18.2 Å². The molecule has 0 atom stereocenters. The van der Waals surface area contributed by atoms with Gasteiger partial charge in [0.2, 0.25) is 15.0 Å². The molecule has 2 rings (SSSR count). The van der Waals surface area contributed by atoms with Crippen LogP contribution in [-0.2, 0) is 16.0 Å². The molecule has 0 aliphatic heterocycles. The van der Waals surface area contributed by atoms with Crippen molar-refractivity contribution in [2.24, 2.45) is 0 Å². The molecule has 0 bridgehead atoms. The predicted octanol–water partition coefficient (Wildman–Crippen LogP) is 2.44. The molecule has 0 aliphatic carbocycles. The average molecular weight is 327 g/mol. The van der Waals surface area contributed by atoms with Crippen LogP contribution in [0.15, 0.2) is 35.5 Å². The number of aromatic nitrogens is 2. The second-order valence-electron chi connectivity index (χ2n) is 4.38. The summed E-state index contributed by atoms with van der Waals surface area (Å²) < 4.78 is 61.4. The van der Waals surface area contributed by atoms with Gasteiger partial charge in [0.25, 0.3) is 0 Å². The van der Waals surface area contributed by atoms with Crippen molar-refractivity contribution in [2.45, 2.75) is 11.3 Å². The van der Waals surface area contributed by atoms with E-state index in [-0.39, 0.29) is 11.3 Å². The topological polar surface area (TPSA) is 83.7 Å². The molecule has 0 fully saturated rings. The van der Waals surface area contributed by atoms with Crippen molar-refractivity contribution < 1.29 is 21.6 Å². The smallest absolute Gasteiger partial charge is 0.221 e. The van der Waals surface area contributed by atoms with Gasteiger partial charge in [0, 0.05) is 11.8 Å². The first-order valence-corrected chi connectivity index (χ1v) is 7.67. The van der Waals surface area contributed by atoms with E-state index in [9.17, 15) is 21.6 Å². The largest absolute Gasteiger partial charge is 0.433 e. The van der Waals surface area contributed by atoms with Gasteiger partial charge in [-0.2, -0.15) is 18.4 Å². The first-order chi connectivity index (χ1) is 10.1. The average Bonchev–Trinajstić information content (AvgIpc) is 2.45. The van der Waals surface area contributed by atoms with Crippen molar-refractivity contribution in [2.75, 3.05) is 6.26 Å². The third kappa shape index (κ3) is 3.40. The minimum Gasteiger partial charge on any atom is -0.221 e. The zero-order valence-corrected chi connectivity index (χ0v) is 11.9. The van der Waals surface area contributed by atoms with Crippen molar-refractivity contribution in [1.29, 1.82) is 5.26 Å². The SMILES string of the molecule is CS(=O)(=O)c1nc(-c2ccc(C#N)cc2)cc(C(F)(F)F)n1. The molecule has 114 valence electrons. The molecule has 0 radical (unpaired) electrons. The summed E-state index contributed by atoms with van der Waals surface area (Å²) in [4.78, 5) is 6.72. The van der Waals surface area contributed by atoms with E-state index in [0.717, 1.165) is 6.26 Å². The summed E-state index contributed by atoms with van der Waals surface area (Å²) in [6.07, 6.45) is -4.07. The summed E-state index contributed by atoms with van der Waals surface area (Å²) in [6, 6.07) is 8.08. The van der Waals surface area contributed by atoms with Gasteiger partial charge in [-0.15, -0.1) is 0 Å². The van der Waals surface area contributed by atoms with Crippen LogP contribution in [0.1, 0.15) is 11.3 Å². The number of halogens is 3. The third-order valence-corrected chi connectivity index (χ3v) is 3.48. The van der Waals surface area contributed by atoms with Crippen molar-refractivity contribution in [3.63, 3.8) is 0 Å². The predicted molar refractivity (Wildman–Crippen MR) is 70.3 cm³/mol. The molecule has 0 saturated carbocycles. The van der Waals surface area contributed by atoms with Gasteiger partial charge >= 0.3 is 6.18 Å². The number of sulfone groups is 1. The summed E-state index contributed by atoms with van der Waals surface area (Å²) in [7, 11) is -4.00. The van der Waals surface area contributed by atoms with E-state index in [4.69, 9.17) is 5.26 Å². The van der Waals surface area contributed by atoms with Crippen LogP contribution < -0.4 is 0 Å². The number of nitriles is 1. The summed E-state index contributed by atoms with van der Waals surface area (Å²) in [5.41, 5.74) is -0.969. The lowest BCUT2D eigenvalue weighted by atomic mass is 10.1. The first kappa shape index (κ1) is 15.9. The van der Waals surface area contributed by atoms with Gasteiger partial charge in [-0.25, -0.2) is 18.4 Å². The highest BCUT2D eigenvalue weighted by Gasteiger charge is 2.34. The Morgan fingerprint density at radius 2 is 1.73 bits per heavy atom. The number of benzene rings is 1. The minimum absolute atomic E-state index is 0.188. The standard InChI is InChI=1S/C13H8F3N3O2S/c1-22(20,21)12-18-10(6-11(19-12)13(14,15)16)9-4-2-8(7-17)3-5-9/h2-6H,1H3. The van der Waals surface area contributed by atoms with Gasteiger partial charge in [-0.1, -0.05) is 12.1 Å². The Bertz CT molecular complexity index is 854. The Morgan fingerprint density at radius 3 is 2.18 bits per heavy atom. The van der Waals surface area contributed by atoms with Gasteiger partial charge in [0.15, 0.2) is 0 Å². The zero-order valence-electron chi connectivity index (χ0n) is 11.1. The fraction of sp³-hybridized carbons (Fsp3) is 0.154. The lowest BCUT2D eigenvalue weighted by molar-refractivity contribution is -0.141. The maximum atomic E-state index is 12.8. The van der Waals surface area contributed by atoms with Crippen molar-refractivity contribution in [3.05, 3.63) is 41.6 Å². The highest BCUT2D eigenvalue weighted by atomic mass is 32.2. The number of alkyl halides is 3. The number of hydrogen-bond acceptors (Lipinski definition) is 5. The third-order valence-electron chi connectivity index (χ3n) is 2.64. The fourth-order valence-corrected chi connectivity index (χ4v) is 2.13. The quantitative estimate of drug-likeness (QED) is 0.791. The number of rotatable bonds is 2. The Balaban J connectivity index is 2.67. The molecule has 1 aromatic carbocycles. The molecule has 0 aliphatic rings. The lowest BCUT2D eigenvalue weighted by Crippen LogP contribution is -2.14. The van der Waals surface area contributed by atoms with Crippen LogP contribution in [0.5, 0.6) is 0 Å². The highest BCUT2D eigenvalue weighted by molar-refractivity contribution is 7.90. The summed E-state index contributed by atoms with van der Waals surface area (Å²) in [6.45, 7) is 0. The van der Waals surface area contributed by atoms with Gasteiger partial charge < -0.3 is 0 Å². The van der Waals surface area contributed by atoms with E-state index < -0.39 is 26.9 Å². The molecule has 0 spiro atoms. The van der Waals surface area contributed by atoms with Crippen LogP contribution in [0.3, 0.4) is 0 Å². The molecule has 9 heteroatoms. The molecule has 22 heavy (non-hydrogen) atoms. The second-order valence-corrected chi connectivity index (χ2v) is 6.29. The highest BCUT2D eigenvalue weighted by Crippen LogP contribution is 2.31. The fourth-order valence-electron chi connectivity index (χ4n) is 1.60. The second kappa shape index (κ2) is 5.38. The molecular weight excluding hydrogens is 319 g/mol. The van der Waals surface area contributed by atoms with Crippen molar-refractivity contribution in [3.8, 4) is 17.3 Å². The maximum absolute atomic E-state index is 12.8. The Labute approximate surface area is 124 Å². The molecule has 1 aromatic heterocycles. The molecule has 5 nitrogen and oxygen atoms in total. The minimum atomic E-state index is -4.80. The van der Waals surface area contributed by atoms with E-state index in [0.29, 0.717) is 11.6 Å². The molecule has 2 aromatic rings. The normalized spacial score (nSPS) is 12.0. The lowest BCUT2D eigenvalue weighted by Gasteiger charge is -2.09. The van der Waals surface area contributed by atoms with Crippen LogP contribution in [0.25, 0.3) is 11.3 Å². The van der Waals surface area contributed by atoms with Gasteiger partial charge in [0.05, 0.1) is 17.3 Å². The molecule has 0 unspecified atom stereocenters. The van der Waals surface area contributed by atoms with Crippen molar-refractivity contribution in [1.82, 2.24) is 9.97 Å². The summed E-state index contributed by atoms with van der Waals surface area (Å²) in [5.74, 6) is 0. The van der Waals surface area contributed by atoms with Gasteiger partial charge in [-0.3, -0.25) is 0 Å². The van der Waals surface area contributed by atoms with Crippen LogP contribution in [-0.4, -0.2) is 24.6 Å². The number of nitrogens with zero attached hydrogens (tertiary/aromatic N) is 3. The Hall–Kier alpha value is -2.47. The van der Waals surface area contributed by atoms with E-state index in [1.807, 2.05) is 6.07 Å². The number of hydrogen-bond donors (Lipinski definition) is 0. The zero-order chi connectivity index (χ0) is 16.5. The monoisotopic (exact) mass is 327 g/mol. The van der Waals surface area contributed by atoms with Crippen molar-refractivity contribution >= 4 is 9.84 Å². The molecular formula is C13H8F3N3O2S. The summed E-state index contributed by atoms with van der Waals surface area (Å²) in [5, 5.41) is 7.80. The molecule has 1 heterocycles. The summed E-state index contributed by atoms with van der Waals surface area (Å²) >= 11 is 0. The van der Waals surface area contributed by atoms with E-state index in [1.165, 1.54) is 24.3 Å². The van der Waals surface area contributed by atoms with Gasteiger partial charge in [0.1, 0.15) is 5.69 Å². The first-order valence-electron chi connectivity index (χ1n) is 5.78. The van der Waals surface area contributed by atoms with Crippen LogP contribution in [0.2, 0.25) is 0 Å². The maximum Gasteiger partial charge on any atom is 0.433 e. The van der Waals surface area contributed by atoms with E-state index >= 15 is 0 Å². The van der Waals surface area contributed by atoms with E-state index in [1.54, 1.807) is 0 Å². The molecule has 0 saturated heterocycles. The Morgan fingerprint density at radius 1 is 1.14 bits per heavy atom. The molecule has 0 N–H and O–H groups in total. The molecule has 0 amide bonds. The van der Waals surface area contributed by atoms with Crippen LogP contribution in [0, 0.1) is 11.3 Å². The van der Waals surface area contributed by atoms with E-state index in [2.05, 4.69) is 9.97 Å². The van der Waals surface area contributed by atoms with Crippen LogP contribution >= 0.6 is 0 Å². The Kier molecular flexibility index (Phi) is 3.89.